The van der Waals surface area contributed by atoms with E-state index in [1.807, 2.05) is 30.3 Å². The van der Waals surface area contributed by atoms with E-state index in [9.17, 15) is 4.79 Å². The van der Waals surface area contributed by atoms with E-state index in [2.05, 4.69) is 0 Å². The van der Waals surface area contributed by atoms with Crippen molar-refractivity contribution in [3.8, 4) is 0 Å². The van der Waals surface area contributed by atoms with Gasteiger partial charge in [-0.3, -0.25) is 4.79 Å². The van der Waals surface area contributed by atoms with Crippen LogP contribution in [0.4, 0.5) is 0 Å². The molecule has 1 aromatic rings. The lowest BCUT2D eigenvalue weighted by Gasteiger charge is -2.00. The van der Waals surface area contributed by atoms with Crippen molar-refractivity contribution in [2.45, 2.75) is 13.5 Å². The van der Waals surface area contributed by atoms with Gasteiger partial charge in [-0.1, -0.05) is 36.4 Å². The zero-order chi connectivity index (χ0) is 10.2. The second kappa shape index (κ2) is 6.11. The van der Waals surface area contributed by atoms with Gasteiger partial charge in [-0.05, 0) is 18.1 Å². The molecule has 0 amide bonds. The predicted octanol–water partition coefficient (Wildman–Crippen LogP) is 2.35. The first-order valence-electron chi connectivity index (χ1n) is 4.56. The normalized spacial score (nSPS) is 11.4. The average Bonchev–Trinajstić information content (AvgIpc) is 2.25. The summed E-state index contributed by atoms with van der Waals surface area (Å²) in [6.07, 6.45) is 2.60. The highest BCUT2D eigenvalue weighted by molar-refractivity contribution is 5.71. The van der Waals surface area contributed by atoms with Crippen LogP contribution in [0.2, 0.25) is 0 Å². The summed E-state index contributed by atoms with van der Waals surface area (Å²) >= 11 is 0. The summed E-state index contributed by atoms with van der Waals surface area (Å²) in [5.74, 6) is 0. The standard InChI is InChI=1S/C12H14O2/c1-11(9-13)7-8-14-10-12-5-3-2-4-6-12/h2-7,9H,8,10H2,1H3/b11-7-. The molecule has 0 aliphatic carbocycles. The van der Waals surface area contributed by atoms with Crippen molar-refractivity contribution >= 4 is 6.29 Å². The van der Waals surface area contributed by atoms with Crippen LogP contribution in [0, 0.1) is 0 Å². The Morgan fingerprint density at radius 1 is 1.36 bits per heavy atom. The molecule has 2 nitrogen and oxygen atoms in total. The molecule has 14 heavy (non-hydrogen) atoms. The summed E-state index contributed by atoms with van der Waals surface area (Å²) in [5.41, 5.74) is 1.85. The Bertz CT molecular complexity index is 301. The monoisotopic (exact) mass is 190 g/mol. The van der Waals surface area contributed by atoms with Crippen LogP contribution >= 0.6 is 0 Å². The summed E-state index contributed by atoms with van der Waals surface area (Å²) in [7, 11) is 0. The summed E-state index contributed by atoms with van der Waals surface area (Å²) in [6, 6.07) is 9.95. The van der Waals surface area contributed by atoms with Gasteiger partial charge in [0, 0.05) is 0 Å². The van der Waals surface area contributed by atoms with Gasteiger partial charge < -0.3 is 4.74 Å². The molecule has 0 heterocycles. The maximum atomic E-state index is 10.2. The van der Waals surface area contributed by atoms with Crippen LogP contribution < -0.4 is 0 Å². The van der Waals surface area contributed by atoms with E-state index in [0.717, 1.165) is 11.8 Å². The number of rotatable bonds is 5. The smallest absolute Gasteiger partial charge is 0.145 e. The largest absolute Gasteiger partial charge is 0.373 e. The minimum atomic E-state index is 0.486. The summed E-state index contributed by atoms with van der Waals surface area (Å²) in [6.45, 7) is 2.84. The molecule has 0 atom stereocenters. The van der Waals surface area contributed by atoms with Gasteiger partial charge in [0.05, 0.1) is 13.2 Å². The van der Waals surface area contributed by atoms with Gasteiger partial charge in [-0.15, -0.1) is 0 Å². The molecule has 0 N–H and O–H groups in total. The van der Waals surface area contributed by atoms with E-state index in [-0.39, 0.29) is 0 Å². The number of hydrogen-bond acceptors (Lipinski definition) is 2. The molecule has 0 bridgehead atoms. The number of benzene rings is 1. The van der Waals surface area contributed by atoms with Crippen molar-refractivity contribution < 1.29 is 9.53 Å². The van der Waals surface area contributed by atoms with Crippen LogP contribution in [-0.4, -0.2) is 12.9 Å². The first-order chi connectivity index (χ1) is 6.83. The molecule has 0 aliphatic rings. The van der Waals surface area contributed by atoms with Gasteiger partial charge in [-0.25, -0.2) is 0 Å². The highest BCUT2D eigenvalue weighted by atomic mass is 16.5. The Labute approximate surface area is 84.2 Å². The number of carbonyl (C=O) groups is 1. The zero-order valence-corrected chi connectivity index (χ0v) is 8.27. The molecule has 0 spiro atoms. The van der Waals surface area contributed by atoms with Gasteiger partial charge in [0.2, 0.25) is 0 Å². The topological polar surface area (TPSA) is 26.3 Å². The van der Waals surface area contributed by atoms with Gasteiger partial charge in [0.25, 0.3) is 0 Å². The van der Waals surface area contributed by atoms with Crippen molar-refractivity contribution in [3.63, 3.8) is 0 Å². The van der Waals surface area contributed by atoms with Gasteiger partial charge in [0.15, 0.2) is 0 Å². The van der Waals surface area contributed by atoms with E-state index in [1.165, 1.54) is 0 Å². The van der Waals surface area contributed by atoms with Crippen LogP contribution in [0.25, 0.3) is 0 Å². The first-order valence-corrected chi connectivity index (χ1v) is 4.56. The average molecular weight is 190 g/mol. The summed E-state index contributed by atoms with van der Waals surface area (Å²) < 4.78 is 5.36. The molecule has 1 aromatic carbocycles. The van der Waals surface area contributed by atoms with Gasteiger partial charge >= 0.3 is 0 Å². The fourth-order valence-electron chi connectivity index (χ4n) is 0.989. The predicted molar refractivity (Wildman–Crippen MR) is 55.9 cm³/mol. The van der Waals surface area contributed by atoms with Crippen LogP contribution in [0.1, 0.15) is 12.5 Å². The Morgan fingerprint density at radius 2 is 2.07 bits per heavy atom. The molecule has 2 heteroatoms. The van der Waals surface area contributed by atoms with E-state index < -0.39 is 0 Å². The minimum Gasteiger partial charge on any atom is -0.373 e. The maximum Gasteiger partial charge on any atom is 0.145 e. The highest BCUT2D eigenvalue weighted by Crippen LogP contribution is 2.00. The molecule has 0 unspecified atom stereocenters. The Kier molecular flexibility index (Phi) is 4.65. The molecular formula is C12H14O2. The Balaban J connectivity index is 2.26. The maximum absolute atomic E-state index is 10.2. The molecule has 0 aliphatic heterocycles. The van der Waals surface area contributed by atoms with Gasteiger partial charge in [0.1, 0.15) is 6.29 Å². The Hall–Kier alpha value is -1.41. The quantitative estimate of drug-likeness (QED) is 0.404. The fraction of sp³-hybridized carbons (Fsp3) is 0.250. The van der Waals surface area contributed by atoms with Crippen molar-refractivity contribution in [2.75, 3.05) is 6.61 Å². The van der Waals surface area contributed by atoms with E-state index in [0.29, 0.717) is 18.8 Å². The van der Waals surface area contributed by atoms with Crippen molar-refractivity contribution in [2.24, 2.45) is 0 Å². The number of ether oxygens (including phenoxy) is 1. The van der Waals surface area contributed by atoms with E-state index in [4.69, 9.17) is 4.74 Å². The fourth-order valence-corrected chi connectivity index (χ4v) is 0.989. The molecular weight excluding hydrogens is 176 g/mol. The van der Waals surface area contributed by atoms with Crippen molar-refractivity contribution in [1.29, 1.82) is 0 Å². The molecule has 1 rings (SSSR count). The molecule has 74 valence electrons. The molecule has 0 saturated heterocycles. The summed E-state index contributed by atoms with van der Waals surface area (Å²) in [4.78, 5) is 10.2. The van der Waals surface area contributed by atoms with Crippen molar-refractivity contribution in [3.05, 3.63) is 47.5 Å². The van der Waals surface area contributed by atoms with Crippen LogP contribution in [0.3, 0.4) is 0 Å². The zero-order valence-electron chi connectivity index (χ0n) is 8.27. The first kappa shape index (κ1) is 10.7. The molecule has 0 aromatic heterocycles. The number of aldehydes is 1. The van der Waals surface area contributed by atoms with Crippen LogP contribution in [-0.2, 0) is 16.1 Å². The van der Waals surface area contributed by atoms with Gasteiger partial charge in [-0.2, -0.15) is 0 Å². The molecule has 0 fully saturated rings. The van der Waals surface area contributed by atoms with Crippen LogP contribution in [0.5, 0.6) is 0 Å². The van der Waals surface area contributed by atoms with Crippen molar-refractivity contribution in [1.82, 2.24) is 0 Å². The second-order valence-corrected chi connectivity index (χ2v) is 3.07. The molecule has 0 radical (unpaired) electrons. The highest BCUT2D eigenvalue weighted by Gasteiger charge is 1.90. The minimum absolute atomic E-state index is 0.486. The third-order valence-electron chi connectivity index (χ3n) is 1.82. The number of hydrogen-bond donors (Lipinski definition) is 0. The Morgan fingerprint density at radius 3 is 2.71 bits per heavy atom. The van der Waals surface area contributed by atoms with E-state index in [1.54, 1.807) is 13.0 Å². The van der Waals surface area contributed by atoms with Crippen LogP contribution in [0.15, 0.2) is 42.0 Å². The SMILES string of the molecule is C/C(C=O)=C/COCc1ccccc1. The lowest BCUT2D eigenvalue weighted by atomic mass is 10.2. The molecule has 0 saturated carbocycles. The third-order valence-corrected chi connectivity index (χ3v) is 1.82. The third kappa shape index (κ3) is 4.01. The van der Waals surface area contributed by atoms with E-state index >= 15 is 0 Å². The number of carbonyl (C=O) groups excluding carboxylic acids is 1. The lowest BCUT2D eigenvalue weighted by Crippen LogP contribution is -1.93. The summed E-state index contributed by atoms with van der Waals surface area (Å²) in [5, 5.41) is 0. The second-order valence-electron chi connectivity index (χ2n) is 3.07. The number of allylic oxidation sites excluding steroid dienone is 1. The lowest BCUT2D eigenvalue weighted by molar-refractivity contribution is -0.104.